The van der Waals surface area contributed by atoms with Crippen molar-refractivity contribution in [1.29, 1.82) is 0 Å². The monoisotopic (exact) mass is 764 g/mol. The number of nitrogens with zero attached hydrogens (tertiary/aromatic N) is 4. The van der Waals surface area contributed by atoms with Crippen molar-refractivity contribution in [2.24, 2.45) is 0 Å². The standard InChI is InChI=1S/C37H35F3N6O5S2/c1-21(47)42-35-41-16-15-28(43-35)33-32(44-34(52-33)22-10-9-17-46(20-22)36(48)51-37(2,3)4)26-14-8-13-25(30(26)39)27-18-23(38)19-29(31(27)40)45-53(49,50)24-11-6-5-7-12-24/h5-8,11-16,18-19,22,45H,9-10,17,20H2,1-4H3,(H,41,42,43,47). The first kappa shape index (κ1) is 37.4. The third-order valence-electron chi connectivity index (χ3n) is 8.12. The molecule has 1 atom stereocenters. The lowest BCUT2D eigenvalue weighted by Crippen LogP contribution is -2.42. The van der Waals surface area contributed by atoms with Gasteiger partial charge in [0.2, 0.25) is 11.9 Å². The normalized spacial score (nSPS) is 14.8. The average Bonchev–Trinajstić information content (AvgIpc) is 3.55. The predicted molar refractivity (Wildman–Crippen MR) is 195 cm³/mol. The molecular formula is C37H35F3N6O5S2. The molecule has 276 valence electrons. The maximum Gasteiger partial charge on any atom is 0.410 e. The summed E-state index contributed by atoms with van der Waals surface area (Å²) in [7, 11) is -4.32. The summed E-state index contributed by atoms with van der Waals surface area (Å²) in [5.74, 6) is -3.81. The Bertz CT molecular complexity index is 2300. The van der Waals surface area contributed by atoms with Gasteiger partial charge in [0.15, 0.2) is 5.82 Å². The van der Waals surface area contributed by atoms with E-state index in [9.17, 15) is 18.0 Å². The summed E-state index contributed by atoms with van der Waals surface area (Å²) in [5.41, 5.74) is -1.91. The van der Waals surface area contributed by atoms with Crippen LogP contribution in [0, 0.1) is 17.5 Å². The van der Waals surface area contributed by atoms with E-state index in [0.717, 1.165) is 6.07 Å². The number of likely N-dealkylation sites (tertiary alicyclic amines) is 1. The van der Waals surface area contributed by atoms with E-state index >= 15 is 13.2 Å². The third kappa shape index (κ3) is 8.49. The molecule has 2 aromatic heterocycles. The second-order valence-electron chi connectivity index (χ2n) is 13.3. The van der Waals surface area contributed by atoms with Crippen LogP contribution in [0.5, 0.6) is 0 Å². The highest BCUT2D eigenvalue weighted by Crippen LogP contribution is 2.43. The number of halogens is 3. The van der Waals surface area contributed by atoms with Crippen LogP contribution in [0.4, 0.5) is 29.6 Å². The fraction of sp³-hybridized carbons (Fsp3) is 0.270. The van der Waals surface area contributed by atoms with Crippen molar-refractivity contribution in [3.8, 4) is 33.0 Å². The number of nitrogens with one attached hydrogen (secondary N) is 2. The van der Waals surface area contributed by atoms with E-state index in [-0.39, 0.29) is 33.6 Å². The summed E-state index contributed by atoms with van der Waals surface area (Å²) in [5, 5.41) is 3.10. The Balaban J connectivity index is 1.44. The molecule has 11 nitrogen and oxygen atoms in total. The molecule has 16 heteroatoms. The minimum absolute atomic E-state index is 0.00575. The number of rotatable bonds is 8. The zero-order valence-corrected chi connectivity index (χ0v) is 30.7. The van der Waals surface area contributed by atoms with Crippen LogP contribution in [0.2, 0.25) is 0 Å². The number of ether oxygens (including phenoxy) is 1. The molecule has 1 fully saturated rings. The Morgan fingerprint density at radius 1 is 0.943 bits per heavy atom. The Labute approximate surface area is 308 Å². The Kier molecular flexibility index (Phi) is 10.5. The van der Waals surface area contributed by atoms with Gasteiger partial charge in [-0.2, -0.15) is 0 Å². The van der Waals surface area contributed by atoms with Gasteiger partial charge < -0.3 is 9.64 Å². The molecule has 2 amide bonds. The van der Waals surface area contributed by atoms with Crippen molar-refractivity contribution in [3.05, 3.63) is 95.4 Å². The molecule has 53 heavy (non-hydrogen) atoms. The second-order valence-corrected chi connectivity index (χ2v) is 16.1. The van der Waals surface area contributed by atoms with Crippen LogP contribution in [0.1, 0.15) is 51.5 Å². The summed E-state index contributed by atoms with van der Waals surface area (Å²) in [6, 6.07) is 14.3. The topological polar surface area (TPSA) is 143 Å². The molecule has 0 saturated carbocycles. The quantitative estimate of drug-likeness (QED) is 0.161. The number of carbonyl (C=O) groups excluding carboxylic acids is 2. The maximum atomic E-state index is 16.8. The molecule has 0 bridgehead atoms. The number of anilines is 2. The van der Waals surface area contributed by atoms with E-state index in [1.165, 1.54) is 66.9 Å². The van der Waals surface area contributed by atoms with Gasteiger partial charge in [-0.25, -0.2) is 41.3 Å². The molecule has 3 heterocycles. The first-order valence-electron chi connectivity index (χ1n) is 16.6. The molecule has 5 aromatic rings. The molecule has 0 radical (unpaired) electrons. The lowest BCUT2D eigenvalue weighted by molar-refractivity contribution is -0.114. The molecule has 1 aliphatic rings. The van der Waals surface area contributed by atoms with Crippen molar-refractivity contribution in [2.45, 2.75) is 57.0 Å². The van der Waals surface area contributed by atoms with Crippen molar-refractivity contribution in [2.75, 3.05) is 23.1 Å². The van der Waals surface area contributed by atoms with Crippen LogP contribution in [0.15, 0.2) is 77.8 Å². The average molecular weight is 765 g/mol. The van der Waals surface area contributed by atoms with Gasteiger partial charge in [0.25, 0.3) is 10.0 Å². The maximum absolute atomic E-state index is 16.8. The summed E-state index contributed by atoms with van der Waals surface area (Å²) < 4.78 is 81.5. The highest BCUT2D eigenvalue weighted by Gasteiger charge is 2.32. The number of thiazole rings is 1. The number of benzene rings is 3. The molecule has 2 N–H and O–H groups in total. The Morgan fingerprint density at radius 3 is 2.40 bits per heavy atom. The summed E-state index contributed by atoms with van der Waals surface area (Å²) >= 11 is 1.22. The summed E-state index contributed by atoms with van der Waals surface area (Å²) in [6.07, 6.45) is 2.30. The number of hydrogen-bond donors (Lipinski definition) is 2. The molecule has 6 rings (SSSR count). The fourth-order valence-corrected chi connectivity index (χ4v) is 8.07. The zero-order chi connectivity index (χ0) is 38.1. The molecule has 0 aliphatic carbocycles. The number of amides is 2. The number of sulfonamides is 1. The number of piperidine rings is 1. The van der Waals surface area contributed by atoms with Crippen LogP contribution in [-0.4, -0.2) is 59.0 Å². The van der Waals surface area contributed by atoms with Gasteiger partial charge in [-0.05, 0) is 63.9 Å². The van der Waals surface area contributed by atoms with Crippen LogP contribution in [-0.2, 0) is 19.6 Å². The van der Waals surface area contributed by atoms with E-state index in [1.54, 1.807) is 37.8 Å². The Hall–Kier alpha value is -5.35. The molecular weight excluding hydrogens is 730 g/mol. The first-order valence-corrected chi connectivity index (χ1v) is 18.9. The minimum Gasteiger partial charge on any atom is -0.444 e. The van der Waals surface area contributed by atoms with Crippen LogP contribution in [0.25, 0.3) is 33.0 Å². The van der Waals surface area contributed by atoms with Crippen LogP contribution < -0.4 is 10.0 Å². The van der Waals surface area contributed by atoms with Crippen LogP contribution >= 0.6 is 11.3 Å². The van der Waals surface area contributed by atoms with Gasteiger partial charge in [-0.1, -0.05) is 30.3 Å². The lowest BCUT2D eigenvalue weighted by atomic mass is 9.98. The van der Waals surface area contributed by atoms with E-state index in [4.69, 9.17) is 9.72 Å². The number of hydrogen-bond acceptors (Lipinski definition) is 9. The number of carbonyl (C=O) groups is 2. The third-order valence-corrected chi connectivity index (χ3v) is 10.7. The van der Waals surface area contributed by atoms with Crippen molar-refractivity contribution >= 4 is 45.0 Å². The molecule has 1 aliphatic heterocycles. The van der Waals surface area contributed by atoms with E-state index in [0.29, 0.717) is 47.6 Å². The van der Waals surface area contributed by atoms with Crippen LogP contribution in [0.3, 0.4) is 0 Å². The van der Waals surface area contributed by atoms with Gasteiger partial charge in [-0.3, -0.25) is 14.8 Å². The van der Waals surface area contributed by atoms with Crippen molar-refractivity contribution in [1.82, 2.24) is 19.9 Å². The lowest BCUT2D eigenvalue weighted by Gasteiger charge is -2.33. The smallest absolute Gasteiger partial charge is 0.410 e. The molecule has 1 saturated heterocycles. The van der Waals surface area contributed by atoms with Gasteiger partial charge in [0.05, 0.1) is 31.9 Å². The zero-order valence-electron chi connectivity index (χ0n) is 29.1. The van der Waals surface area contributed by atoms with Gasteiger partial charge in [-0.15, -0.1) is 11.3 Å². The Morgan fingerprint density at radius 2 is 1.68 bits per heavy atom. The van der Waals surface area contributed by atoms with Gasteiger partial charge >= 0.3 is 6.09 Å². The largest absolute Gasteiger partial charge is 0.444 e. The molecule has 3 aromatic carbocycles. The van der Waals surface area contributed by atoms with E-state index in [2.05, 4.69) is 20.0 Å². The van der Waals surface area contributed by atoms with E-state index < -0.39 is 56.3 Å². The first-order chi connectivity index (χ1) is 25.1. The van der Waals surface area contributed by atoms with E-state index in [1.807, 2.05) is 0 Å². The fourth-order valence-electron chi connectivity index (χ4n) is 5.83. The SMILES string of the molecule is CC(=O)Nc1nccc(-c2sc(C3CCCN(C(=O)OC(C)(C)C)C3)nc2-c2cccc(-c3cc(F)cc(NS(=O)(=O)c4ccccc4)c3F)c2F)n1. The minimum atomic E-state index is -4.32. The second kappa shape index (κ2) is 14.9. The van der Waals surface area contributed by atoms with Crippen molar-refractivity contribution in [3.63, 3.8) is 0 Å². The number of aromatic nitrogens is 3. The summed E-state index contributed by atoms with van der Waals surface area (Å²) in [6.45, 7) is 7.43. The predicted octanol–water partition coefficient (Wildman–Crippen LogP) is 8.23. The molecule has 1 unspecified atom stereocenters. The van der Waals surface area contributed by atoms with Gasteiger partial charge in [0.1, 0.15) is 17.2 Å². The van der Waals surface area contributed by atoms with Crippen molar-refractivity contribution < 1.29 is 35.9 Å². The summed E-state index contributed by atoms with van der Waals surface area (Å²) in [4.78, 5) is 40.0. The highest BCUT2D eigenvalue weighted by molar-refractivity contribution is 7.92. The van der Waals surface area contributed by atoms with Gasteiger partial charge in [0, 0.05) is 54.9 Å². The highest BCUT2D eigenvalue weighted by atomic mass is 32.2. The molecule has 0 spiro atoms.